The Hall–Kier alpha value is -1.78. The lowest BCUT2D eigenvalue weighted by Crippen LogP contribution is -2.41. The molecule has 2 aliphatic heterocycles. The Morgan fingerprint density at radius 1 is 1.27 bits per heavy atom. The topological polar surface area (TPSA) is 97.8 Å². The van der Waals surface area contributed by atoms with E-state index in [-0.39, 0.29) is 36.1 Å². The molecule has 0 unspecified atom stereocenters. The van der Waals surface area contributed by atoms with Crippen LogP contribution in [0.15, 0.2) is 35.5 Å². The number of nitrogens with one attached hydrogen (secondary N) is 1. The van der Waals surface area contributed by atoms with Gasteiger partial charge in [0.25, 0.3) is 0 Å². The predicted molar refractivity (Wildman–Crippen MR) is 112 cm³/mol. The molecule has 2 fully saturated rings. The van der Waals surface area contributed by atoms with E-state index in [9.17, 15) is 13.2 Å². The standard InChI is InChI=1S/C20H24ClN3O5S/c21-17-11-22-10-14-2-1-3-18(20(14)17)30(26,27)24-7-4-15(12-24)23-19(25)13-29-16-5-8-28-9-6-16/h1-3,10-11,15-16H,4-9,12-13H2,(H,23,25)/t15-/m0/s1. The Kier molecular flexibility index (Phi) is 6.54. The summed E-state index contributed by atoms with van der Waals surface area (Å²) in [4.78, 5) is 16.4. The zero-order valence-corrected chi connectivity index (χ0v) is 18.0. The van der Waals surface area contributed by atoms with Gasteiger partial charge in [0.05, 0.1) is 16.0 Å². The Morgan fingerprint density at radius 2 is 2.07 bits per heavy atom. The van der Waals surface area contributed by atoms with Gasteiger partial charge >= 0.3 is 0 Å². The molecule has 0 saturated carbocycles. The summed E-state index contributed by atoms with van der Waals surface area (Å²) in [5.41, 5.74) is 0. The maximum atomic E-state index is 13.3. The summed E-state index contributed by atoms with van der Waals surface area (Å²) in [6.07, 6.45) is 5.18. The number of hydrogen-bond donors (Lipinski definition) is 1. The number of nitrogens with zero attached hydrogens (tertiary/aromatic N) is 2. The van der Waals surface area contributed by atoms with Crippen LogP contribution in [0.1, 0.15) is 19.3 Å². The SMILES string of the molecule is O=C(COC1CCOCC1)N[C@H]1CCN(S(=O)(=O)c2cccc3cncc(Cl)c23)C1. The third-order valence-electron chi connectivity index (χ3n) is 5.45. The van der Waals surface area contributed by atoms with Crippen LogP contribution in [0.25, 0.3) is 10.8 Å². The van der Waals surface area contributed by atoms with Crippen LogP contribution in [0.4, 0.5) is 0 Å². The number of benzene rings is 1. The van der Waals surface area contributed by atoms with Crippen molar-refractivity contribution in [3.63, 3.8) is 0 Å². The number of carbonyl (C=O) groups is 1. The van der Waals surface area contributed by atoms with Crippen molar-refractivity contribution < 1.29 is 22.7 Å². The first kappa shape index (κ1) is 21.5. The minimum Gasteiger partial charge on any atom is -0.381 e. The maximum Gasteiger partial charge on any atom is 0.246 e. The Morgan fingerprint density at radius 3 is 2.87 bits per heavy atom. The molecule has 1 aromatic heterocycles. The van der Waals surface area contributed by atoms with Crippen LogP contribution in [0.2, 0.25) is 5.02 Å². The number of fused-ring (bicyclic) bond motifs is 1. The highest BCUT2D eigenvalue weighted by atomic mass is 35.5. The van der Waals surface area contributed by atoms with E-state index in [2.05, 4.69) is 10.3 Å². The van der Waals surface area contributed by atoms with E-state index in [0.29, 0.717) is 42.0 Å². The molecule has 4 rings (SSSR count). The summed E-state index contributed by atoms with van der Waals surface area (Å²) in [7, 11) is -3.76. The summed E-state index contributed by atoms with van der Waals surface area (Å²) in [5, 5.41) is 4.30. The van der Waals surface area contributed by atoms with Gasteiger partial charge in [0, 0.05) is 55.5 Å². The van der Waals surface area contributed by atoms with Gasteiger partial charge in [-0.15, -0.1) is 0 Å². The molecule has 1 amide bonds. The second-order valence-electron chi connectivity index (χ2n) is 7.51. The largest absolute Gasteiger partial charge is 0.381 e. The van der Waals surface area contributed by atoms with Crippen molar-refractivity contribution in [2.45, 2.75) is 36.3 Å². The van der Waals surface area contributed by atoms with Crippen molar-refractivity contribution in [1.29, 1.82) is 0 Å². The van der Waals surface area contributed by atoms with Crippen molar-refractivity contribution in [3.05, 3.63) is 35.6 Å². The molecule has 1 atom stereocenters. The van der Waals surface area contributed by atoms with Crippen LogP contribution < -0.4 is 5.32 Å². The second kappa shape index (κ2) is 9.15. The van der Waals surface area contributed by atoms with Crippen LogP contribution >= 0.6 is 11.6 Å². The normalized spacial score (nSPS) is 21.2. The molecule has 1 N–H and O–H groups in total. The van der Waals surface area contributed by atoms with Crippen molar-refractivity contribution in [2.75, 3.05) is 32.9 Å². The van der Waals surface area contributed by atoms with Crippen molar-refractivity contribution >= 4 is 38.3 Å². The monoisotopic (exact) mass is 453 g/mol. The average molecular weight is 454 g/mol. The summed E-state index contributed by atoms with van der Waals surface area (Å²) in [6.45, 7) is 1.81. The fourth-order valence-corrected chi connectivity index (χ4v) is 5.94. The minimum absolute atomic E-state index is 0.0279. The highest BCUT2D eigenvalue weighted by Crippen LogP contribution is 2.32. The highest BCUT2D eigenvalue weighted by Gasteiger charge is 2.34. The van der Waals surface area contributed by atoms with Gasteiger partial charge in [-0.1, -0.05) is 23.7 Å². The molecule has 0 aliphatic carbocycles. The molecule has 8 nitrogen and oxygen atoms in total. The van der Waals surface area contributed by atoms with E-state index in [1.165, 1.54) is 10.5 Å². The summed E-state index contributed by atoms with van der Waals surface area (Å²) >= 11 is 6.25. The number of amides is 1. The molecule has 162 valence electrons. The van der Waals surface area contributed by atoms with Gasteiger partial charge < -0.3 is 14.8 Å². The van der Waals surface area contributed by atoms with Gasteiger partial charge in [0.15, 0.2) is 0 Å². The van der Waals surface area contributed by atoms with E-state index >= 15 is 0 Å². The minimum atomic E-state index is -3.76. The molecule has 2 aromatic rings. The van der Waals surface area contributed by atoms with Gasteiger partial charge in [-0.05, 0) is 25.3 Å². The number of carbonyl (C=O) groups excluding carboxylic acids is 1. The van der Waals surface area contributed by atoms with Crippen LogP contribution in [-0.4, -0.2) is 68.7 Å². The van der Waals surface area contributed by atoms with Gasteiger partial charge in [-0.3, -0.25) is 9.78 Å². The molecule has 30 heavy (non-hydrogen) atoms. The third kappa shape index (κ3) is 4.60. The third-order valence-corrected chi connectivity index (χ3v) is 7.65. The molecule has 10 heteroatoms. The summed E-state index contributed by atoms with van der Waals surface area (Å²) in [6, 6.07) is 4.75. The molecular weight excluding hydrogens is 430 g/mol. The first-order chi connectivity index (χ1) is 14.4. The van der Waals surface area contributed by atoms with Crippen molar-refractivity contribution in [1.82, 2.24) is 14.6 Å². The molecule has 1 aromatic carbocycles. The lowest BCUT2D eigenvalue weighted by atomic mass is 10.1. The number of ether oxygens (including phenoxy) is 2. The summed E-state index contributed by atoms with van der Waals surface area (Å²) in [5.74, 6) is -0.231. The molecule has 3 heterocycles. The molecule has 0 spiro atoms. The van der Waals surface area contributed by atoms with Gasteiger partial charge in [0.1, 0.15) is 6.61 Å². The van der Waals surface area contributed by atoms with E-state index < -0.39 is 10.0 Å². The number of halogens is 1. The first-order valence-electron chi connectivity index (χ1n) is 9.96. The van der Waals surface area contributed by atoms with E-state index in [4.69, 9.17) is 21.1 Å². The van der Waals surface area contributed by atoms with Crippen molar-refractivity contribution in [3.8, 4) is 0 Å². The lowest BCUT2D eigenvalue weighted by molar-refractivity contribution is -0.130. The molecule has 2 aliphatic rings. The smallest absolute Gasteiger partial charge is 0.246 e. The van der Waals surface area contributed by atoms with Crippen LogP contribution in [0, 0.1) is 0 Å². The fraction of sp³-hybridized carbons (Fsp3) is 0.500. The Labute approximate surface area is 180 Å². The number of sulfonamides is 1. The van der Waals surface area contributed by atoms with Gasteiger partial charge in [-0.2, -0.15) is 4.31 Å². The molecule has 0 radical (unpaired) electrons. The van der Waals surface area contributed by atoms with E-state index in [1.54, 1.807) is 24.4 Å². The highest BCUT2D eigenvalue weighted by molar-refractivity contribution is 7.89. The van der Waals surface area contributed by atoms with Gasteiger partial charge in [0.2, 0.25) is 15.9 Å². The van der Waals surface area contributed by atoms with E-state index in [0.717, 1.165) is 12.8 Å². The lowest BCUT2D eigenvalue weighted by Gasteiger charge is -2.22. The Bertz CT molecular complexity index is 1020. The van der Waals surface area contributed by atoms with Crippen LogP contribution in [0.5, 0.6) is 0 Å². The maximum absolute atomic E-state index is 13.3. The number of rotatable bonds is 6. The quantitative estimate of drug-likeness (QED) is 0.718. The van der Waals surface area contributed by atoms with Crippen molar-refractivity contribution in [2.24, 2.45) is 0 Å². The van der Waals surface area contributed by atoms with Crippen LogP contribution in [-0.2, 0) is 24.3 Å². The predicted octanol–water partition coefficient (Wildman–Crippen LogP) is 1.96. The molecule has 0 bridgehead atoms. The zero-order chi connectivity index (χ0) is 21.1. The van der Waals surface area contributed by atoms with E-state index in [1.807, 2.05) is 0 Å². The summed E-state index contributed by atoms with van der Waals surface area (Å²) < 4.78 is 38.8. The number of hydrogen-bond acceptors (Lipinski definition) is 6. The van der Waals surface area contributed by atoms with Crippen LogP contribution in [0.3, 0.4) is 0 Å². The average Bonchev–Trinajstić information content (AvgIpc) is 3.22. The first-order valence-corrected chi connectivity index (χ1v) is 11.8. The number of pyridine rings is 1. The molecular formula is C20H24ClN3O5S. The number of aromatic nitrogens is 1. The molecule has 2 saturated heterocycles. The van der Waals surface area contributed by atoms with Gasteiger partial charge in [-0.25, -0.2) is 8.42 Å². The second-order valence-corrected chi connectivity index (χ2v) is 9.83. The fourth-order valence-electron chi connectivity index (χ4n) is 3.88. The zero-order valence-electron chi connectivity index (χ0n) is 16.4. The Balaban J connectivity index is 1.40.